The molecule has 0 aliphatic carbocycles. The van der Waals surface area contributed by atoms with Gasteiger partial charge >= 0.3 is 5.97 Å². The summed E-state index contributed by atoms with van der Waals surface area (Å²) in [5.41, 5.74) is 2.04. The van der Waals surface area contributed by atoms with Crippen LogP contribution in [0.5, 0.6) is 0 Å². The fraction of sp³-hybridized carbons (Fsp3) is 0.467. The number of fused-ring (bicyclic) bond motifs is 1. The van der Waals surface area contributed by atoms with Crippen LogP contribution < -0.4 is 0 Å². The third-order valence-corrected chi connectivity index (χ3v) is 3.99. The van der Waals surface area contributed by atoms with Gasteiger partial charge in [0.25, 0.3) is 0 Å². The van der Waals surface area contributed by atoms with Crippen molar-refractivity contribution in [2.45, 2.75) is 38.8 Å². The van der Waals surface area contributed by atoms with Crippen molar-refractivity contribution >= 4 is 17.0 Å². The largest absolute Gasteiger partial charge is 0.478 e. The summed E-state index contributed by atoms with van der Waals surface area (Å²) in [7, 11) is 0. The van der Waals surface area contributed by atoms with Crippen molar-refractivity contribution in [3.05, 3.63) is 29.6 Å². The Morgan fingerprint density at radius 1 is 1.55 bits per heavy atom. The molecule has 20 heavy (non-hydrogen) atoms. The summed E-state index contributed by atoms with van der Waals surface area (Å²) in [4.78, 5) is 15.8. The van der Waals surface area contributed by atoms with Gasteiger partial charge in [-0.2, -0.15) is 0 Å². The van der Waals surface area contributed by atoms with Crippen LogP contribution in [-0.4, -0.2) is 33.3 Å². The number of aromatic nitrogens is 2. The SMILES string of the molecule is CCc1nc2ccc(C(=O)O)cc2n1C1CCOC1C. The van der Waals surface area contributed by atoms with Crippen molar-refractivity contribution in [2.24, 2.45) is 0 Å². The van der Waals surface area contributed by atoms with Crippen molar-refractivity contribution in [3.63, 3.8) is 0 Å². The van der Waals surface area contributed by atoms with E-state index in [2.05, 4.69) is 23.4 Å². The summed E-state index contributed by atoms with van der Waals surface area (Å²) in [5, 5.41) is 9.16. The van der Waals surface area contributed by atoms with Crippen molar-refractivity contribution in [1.82, 2.24) is 9.55 Å². The predicted octanol–water partition coefficient (Wildman–Crippen LogP) is 2.65. The van der Waals surface area contributed by atoms with E-state index in [-0.39, 0.29) is 12.1 Å². The topological polar surface area (TPSA) is 64.3 Å². The molecule has 0 saturated carbocycles. The first-order valence-electron chi connectivity index (χ1n) is 6.97. The maximum absolute atomic E-state index is 11.2. The lowest BCUT2D eigenvalue weighted by molar-refractivity contribution is 0.0697. The fourth-order valence-corrected chi connectivity index (χ4v) is 2.95. The summed E-state index contributed by atoms with van der Waals surface area (Å²) in [6, 6.07) is 5.35. The Bertz CT molecular complexity index is 662. The molecule has 1 N–H and O–H groups in total. The van der Waals surface area contributed by atoms with E-state index < -0.39 is 5.97 Å². The number of ether oxygens (including phenoxy) is 1. The Morgan fingerprint density at radius 2 is 2.35 bits per heavy atom. The lowest BCUT2D eigenvalue weighted by Crippen LogP contribution is -2.19. The zero-order chi connectivity index (χ0) is 14.3. The number of nitrogens with zero attached hydrogens (tertiary/aromatic N) is 2. The normalized spacial score (nSPS) is 22.5. The highest BCUT2D eigenvalue weighted by Crippen LogP contribution is 2.31. The smallest absolute Gasteiger partial charge is 0.335 e. The number of benzene rings is 1. The number of imidazole rings is 1. The maximum atomic E-state index is 11.2. The van der Waals surface area contributed by atoms with Gasteiger partial charge in [-0.1, -0.05) is 6.92 Å². The number of carboxylic acids is 1. The first kappa shape index (κ1) is 13.1. The Labute approximate surface area is 117 Å². The van der Waals surface area contributed by atoms with E-state index in [0.717, 1.165) is 36.3 Å². The van der Waals surface area contributed by atoms with Gasteiger partial charge in [0, 0.05) is 13.0 Å². The average Bonchev–Trinajstić information content (AvgIpc) is 3.00. The molecular formula is C15H18N2O3. The van der Waals surface area contributed by atoms with Gasteiger partial charge in [-0.15, -0.1) is 0 Å². The highest BCUT2D eigenvalue weighted by Gasteiger charge is 2.29. The molecule has 1 aromatic heterocycles. The summed E-state index contributed by atoms with van der Waals surface area (Å²) in [5.74, 6) is 0.0818. The van der Waals surface area contributed by atoms with Crippen LogP contribution in [0.4, 0.5) is 0 Å². The first-order chi connectivity index (χ1) is 9.61. The minimum atomic E-state index is -0.909. The van der Waals surface area contributed by atoms with E-state index in [4.69, 9.17) is 9.84 Å². The fourth-order valence-electron chi connectivity index (χ4n) is 2.95. The number of rotatable bonds is 3. The van der Waals surface area contributed by atoms with E-state index in [9.17, 15) is 4.79 Å². The summed E-state index contributed by atoms with van der Waals surface area (Å²) in [6.07, 6.45) is 1.89. The molecule has 0 radical (unpaired) electrons. The number of hydrogen-bond donors (Lipinski definition) is 1. The monoisotopic (exact) mass is 274 g/mol. The molecule has 106 valence electrons. The van der Waals surface area contributed by atoms with Gasteiger partial charge in [0.1, 0.15) is 5.82 Å². The van der Waals surface area contributed by atoms with E-state index in [1.165, 1.54) is 0 Å². The van der Waals surface area contributed by atoms with Gasteiger partial charge in [-0.05, 0) is 31.5 Å². The molecule has 0 spiro atoms. The molecular weight excluding hydrogens is 256 g/mol. The van der Waals surface area contributed by atoms with Crippen molar-refractivity contribution in [2.75, 3.05) is 6.61 Å². The van der Waals surface area contributed by atoms with Gasteiger partial charge in [0.05, 0.1) is 28.7 Å². The molecule has 5 heteroatoms. The quantitative estimate of drug-likeness (QED) is 0.934. The number of hydrogen-bond acceptors (Lipinski definition) is 3. The van der Waals surface area contributed by atoms with Gasteiger partial charge in [0.15, 0.2) is 0 Å². The molecule has 1 fully saturated rings. The standard InChI is InChI=1S/C15H18N2O3/c1-3-14-16-11-5-4-10(15(18)19)8-13(11)17(14)12-6-7-20-9(12)2/h4-5,8-9,12H,3,6-7H2,1-2H3,(H,18,19). The second-order valence-corrected chi connectivity index (χ2v) is 5.19. The number of aromatic carboxylic acids is 1. The molecule has 0 bridgehead atoms. The summed E-state index contributed by atoms with van der Waals surface area (Å²) >= 11 is 0. The zero-order valence-corrected chi connectivity index (χ0v) is 11.7. The molecule has 2 aromatic rings. The van der Waals surface area contributed by atoms with Gasteiger partial charge in [-0.3, -0.25) is 0 Å². The highest BCUT2D eigenvalue weighted by molar-refractivity contribution is 5.92. The van der Waals surface area contributed by atoms with E-state index in [1.54, 1.807) is 18.2 Å². The van der Waals surface area contributed by atoms with E-state index in [1.807, 2.05) is 0 Å². The Morgan fingerprint density at radius 3 is 2.95 bits per heavy atom. The van der Waals surface area contributed by atoms with Crippen molar-refractivity contribution in [1.29, 1.82) is 0 Å². The zero-order valence-electron chi connectivity index (χ0n) is 11.7. The van der Waals surface area contributed by atoms with E-state index in [0.29, 0.717) is 5.56 Å². The van der Waals surface area contributed by atoms with Gasteiger partial charge in [0.2, 0.25) is 0 Å². The van der Waals surface area contributed by atoms with Crippen LogP contribution in [0.15, 0.2) is 18.2 Å². The summed E-state index contributed by atoms with van der Waals surface area (Å²) in [6.45, 7) is 4.87. The van der Waals surface area contributed by atoms with Crippen LogP contribution >= 0.6 is 0 Å². The Hall–Kier alpha value is -1.88. The summed E-state index contributed by atoms with van der Waals surface area (Å²) < 4.78 is 7.82. The van der Waals surface area contributed by atoms with Gasteiger partial charge in [-0.25, -0.2) is 9.78 Å². The van der Waals surface area contributed by atoms with E-state index >= 15 is 0 Å². The van der Waals surface area contributed by atoms with Crippen molar-refractivity contribution in [3.8, 4) is 0 Å². The van der Waals surface area contributed by atoms with Crippen LogP contribution in [0.2, 0.25) is 0 Å². The number of aryl methyl sites for hydroxylation is 1. The second kappa shape index (κ2) is 4.90. The molecule has 2 heterocycles. The third-order valence-electron chi connectivity index (χ3n) is 3.99. The second-order valence-electron chi connectivity index (χ2n) is 5.19. The molecule has 1 saturated heterocycles. The van der Waals surface area contributed by atoms with Crippen LogP contribution in [-0.2, 0) is 11.2 Å². The lowest BCUT2D eigenvalue weighted by atomic mass is 10.1. The Kier molecular flexibility index (Phi) is 3.22. The number of carboxylic acid groups (broad SMARTS) is 1. The van der Waals surface area contributed by atoms with Gasteiger partial charge < -0.3 is 14.4 Å². The molecule has 2 atom stereocenters. The van der Waals surface area contributed by atoms with Crippen LogP contribution in [0.25, 0.3) is 11.0 Å². The molecule has 2 unspecified atom stereocenters. The lowest BCUT2D eigenvalue weighted by Gasteiger charge is -2.19. The Balaban J connectivity index is 2.21. The minimum absolute atomic E-state index is 0.131. The first-order valence-corrected chi connectivity index (χ1v) is 6.97. The van der Waals surface area contributed by atoms with Crippen LogP contribution in [0, 0.1) is 0 Å². The molecule has 1 aliphatic rings. The minimum Gasteiger partial charge on any atom is -0.478 e. The average molecular weight is 274 g/mol. The van der Waals surface area contributed by atoms with Crippen LogP contribution in [0.3, 0.4) is 0 Å². The molecule has 1 aliphatic heterocycles. The molecule has 5 nitrogen and oxygen atoms in total. The highest BCUT2D eigenvalue weighted by atomic mass is 16.5. The molecule has 0 amide bonds. The predicted molar refractivity (Wildman–Crippen MR) is 75.1 cm³/mol. The molecule has 3 rings (SSSR count). The van der Waals surface area contributed by atoms with Crippen LogP contribution in [0.1, 0.15) is 42.5 Å². The van der Waals surface area contributed by atoms with Crippen molar-refractivity contribution < 1.29 is 14.6 Å². The number of carbonyl (C=O) groups is 1. The maximum Gasteiger partial charge on any atom is 0.335 e. The molecule has 1 aromatic carbocycles. The third kappa shape index (κ3) is 1.98.